The minimum absolute atomic E-state index is 0.0674. The lowest BCUT2D eigenvalue weighted by molar-refractivity contribution is -0.142. The van der Waals surface area contributed by atoms with Crippen molar-refractivity contribution in [2.45, 2.75) is 20.5 Å². The Balaban J connectivity index is 2.46. The SMILES string of the molecule is CCNc1ccc2c(COC(C)=O)cc(=O)oc2c1. The highest BCUT2D eigenvalue weighted by Crippen LogP contribution is 2.21. The van der Waals surface area contributed by atoms with E-state index in [1.165, 1.54) is 13.0 Å². The third kappa shape index (κ3) is 3.13. The predicted molar refractivity (Wildman–Crippen MR) is 72.1 cm³/mol. The molecule has 1 aromatic carbocycles. The molecule has 0 unspecified atom stereocenters. The Morgan fingerprint density at radius 2 is 2.16 bits per heavy atom. The highest BCUT2D eigenvalue weighted by molar-refractivity contribution is 5.83. The van der Waals surface area contributed by atoms with Crippen LogP contribution in [0.2, 0.25) is 0 Å². The second-order valence-electron chi connectivity index (χ2n) is 4.11. The van der Waals surface area contributed by atoms with Crippen molar-refractivity contribution < 1.29 is 13.9 Å². The van der Waals surface area contributed by atoms with Gasteiger partial charge in [-0.3, -0.25) is 4.79 Å². The van der Waals surface area contributed by atoms with E-state index in [0.29, 0.717) is 11.1 Å². The molecule has 0 radical (unpaired) electrons. The van der Waals surface area contributed by atoms with E-state index in [0.717, 1.165) is 17.6 Å². The molecule has 2 aromatic rings. The monoisotopic (exact) mass is 261 g/mol. The molecule has 0 bridgehead atoms. The number of anilines is 1. The second-order valence-corrected chi connectivity index (χ2v) is 4.11. The van der Waals surface area contributed by atoms with Gasteiger partial charge in [-0.25, -0.2) is 4.79 Å². The van der Waals surface area contributed by atoms with Crippen LogP contribution >= 0.6 is 0 Å². The third-order valence-corrected chi connectivity index (χ3v) is 2.64. The Morgan fingerprint density at radius 3 is 2.84 bits per heavy atom. The summed E-state index contributed by atoms with van der Waals surface area (Å²) in [6.07, 6.45) is 0. The van der Waals surface area contributed by atoms with Crippen LogP contribution in [0.5, 0.6) is 0 Å². The fraction of sp³-hybridized carbons (Fsp3) is 0.286. The first-order chi connectivity index (χ1) is 9.10. The minimum atomic E-state index is -0.455. The van der Waals surface area contributed by atoms with E-state index in [1.54, 1.807) is 6.07 Å². The van der Waals surface area contributed by atoms with Gasteiger partial charge in [-0.1, -0.05) is 0 Å². The van der Waals surface area contributed by atoms with Crippen LogP contribution in [0.1, 0.15) is 19.4 Å². The Bertz CT molecular complexity index is 660. The molecule has 2 rings (SSSR count). The van der Waals surface area contributed by atoms with Gasteiger partial charge in [-0.2, -0.15) is 0 Å². The summed E-state index contributed by atoms with van der Waals surface area (Å²) in [6, 6.07) is 6.84. The van der Waals surface area contributed by atoms with E-state index >= 15 is 0 Å². The van der Waals surface area contributed by atoms with Gasteiger partial charge in [0.05, 0.1) is 0 Å². The fourth-order valence-corrected chi connectivity index (χ4v) is 1.84. The average molecular weight is 261 g/mol. The highest BCUT2D eigenvalue weighted by atomic mass is 16.5. The van der Waals surface area contributed by atoms with Crippen LogP contribution in [0.15, 0.2) is 33.5 Å². The lowest BCUT2D eigenvalue weighted by Crippen LogP contribution is -2.05. The van der Waals surface area contributed by atoms with Gasteiger partial charge in [-0.15, -0.1) is 0 Å². The zero-order valence-corrected chi connectivity index (χ0v) is 10.9. The number of carbonyl (C=O) groups is 1. The maximum Gasteiger partial charge on any atom is 0.336 e. The van der Waals surface area contributed by atoms with Gasteiger partial charge < -0.3 is 14.5 Å². The van der Waals surface area contributed by atoms with Crippen molar-refractivity contribution in [3.05, 3.63) is 40.2 Å². The van der Waals surface area contributed by atoms with E-state index in [2.05, 4.69) is 5.32 Å². The molecule has 0 aliphatic rings. The molecule has 0 aliphatic carbocycles. The number of nitrogens with one attached hydrogen (secondary N) is 1. The number of benzene rings is 1. The van der Waals surface area contributed by atoms with Crippen LogP contribution in [0, 0.1) is 0 Å². The van der Waals surface area contributed by atoms with Crippen molar-refractivity contribution >= 4 is 22.6 Å². The number of hydrogen-bond acceptors (Lipinski definition) is 5. The van der Waals surface area contributed by atoms with E-state index in [1.807, 2.05) is 19.1 Å². The van der Waals surface area contributed by atoms with Gasteiger partial charge in [-0.05, 0) is 19.1 Å². The number of esters is 1. The molecule has 19 heavy (non-hydrogen) atoms. The average Bonchev–Trinajstić information content (AvgIpc) is 2.35. The smallest absolute Gasteiger partial charge is 0.336 e. The van der Waals surface area contributed by atoms with Crippen LogP contribution < -0.4 is 10.9 Å². The largest absolute Gasteiger partial charge is 0.461 e. The summed E-state index contributed by atoms with van der Waals surface area (Å²) in [5.41, 5.74) is 1.55. The van der Waals surface area contributed by atoms with E-state index in [9.17, 15) is 9.59 Å². The lowest BCUT2D eigenvalue weighted by atomic mass is 10.1. The topological polar surface area (TPSA) is 68.5 Å². The summed E-state index contributed by atoms with van der Waals surface area (Å²) in [5, 5.41) is 3.91. The number of fused-ring (bicyclic) bond motifs is 1. The zero-order valence-electron chi connectivity index (χ0n) is 10.9. The Hall–Kier alpha value is -2.30. The molecule has 5 heteroatoms. The summed E-state index contributed by atoms with van der Waals surface area (Å²) in [4.78, 5) is 22.3. The molecule has 0 fully saturated rings. The Morgan fingerprint density at radius 1 is 1.37 bits per heavy atom. The Kier molecular flexibility index (Phi) is 3.85. The molecule has 0 saturated heterocycles. The quantitative estimate of drug-likeness (QED) is 0.675. The van der Waals surface area contributed by atoms with Gasteiger partial charge in [0.25, 0.3) is 0 Å². The van der Waals surface area contributed by atoms with Gasteiger partial charge >= 0.3 is 11.6 Å². The van der Waals surface area contributed by atoms with Crippen LogP contribution in [0.4, 0.5) is 5.69 Å². The molecule has 0 saturated carbocycles. The molecule has 100 valence electrons. The van der Waals surface area contributed by atoms with Gasteiger partial charge in [0, 0.05) is 42.2 Å². The molecule has 5 nitrogen and oxygen atoms in total. The van der Waals surface area contributed by atoms with Crippen molar-refractivity contribution in [2.75, 3.05) is 11.9 Å². The van der Waals surface area contributed by atoms with Crippen LogP contribution in [0.25, 0.3) is 11.0 Å². The van der Waals surface area contributed by atoms with Gasteiger partial charge in [0.15, 0.2) is 0 Å². The standard InChI is InChI=1S/C14H15NO4/c1-3-15-11-4-5-12-10(8-18-9(2)16)6-14(17)19-13(12)7-11/h4-7,15H,3,8H2,1-2H3. The van der Waals surface area contributed by atoms with Crippen molar-refractivity contribution in [1.29, 1.82) is 0 Å². The summed E-state index contributed by atoms with van der Waals surface area (Å²) >= 11 is 0. The molecule has 1 N–H and O–H groups in total. The summed E-state index contributed by atoms with van der Waals surface area (Å²) in [6.45, 7) is 4.16. The minimum Gasteiger partial charge on any atom is -0.461 e. The number of carbonyl (C=O) groups excluding carboxylic acids is 1. The van der Waals surface area contributed by atoms with Crippen LogP contribution in [-0.4, -0.2) is 12.5 Å². The molecular weight excluding hydrogens is 246 g/mol. The summed E-state index contributed by atoms with van der Waals surface area (Å²) in [5.74, 6) is -0.384. The van der Waals surface area contributed by atoms with Crippen molar-refractivity contribution in [2.24, 2.45) is 0 Å². The van der Waals surface area contributed by atoms with Crippen molar-refractivity contribution in [3.63, 3.8) is 0 Å². The molecule has 0 spiro atoms. The summed E-state index contributed by atoms with van der Waals surface area (Å²) < 4.78 is 10.1. The van der Waals surface area contributed by atoms with Gasteiger partial charge in [0.2, 0.25) is 0 Å². The first kappa shape index (κ1) is 13.1. The lowest BCUT2D eigenvalue weighted by Gasteiger charge is -2.08. The zero-order chi connectivity index (χ0) is 13.8. The molecule has 0 amide bonds. The maximum absolute atomic E-state index is 11.5. The van der Waals surface area contributed by atoms with Gasteiger partial charge in [0.1, 0.15) is 12.2 Å². The predicted octanol–water partition coefficient (Wildman–Crippen LogP) is 2.29. The van der Waals surface area contributed by atoms with E-state index < -0.39 is 5.63 Å². The van der Waals surface area contributed by atoms with E-state index in [-0.39, 0.29) is 12.6 Å². The number of ether oxygens (including phenoxy) is 1. The first-order valence-corrected chi connectivity index (χ1v) is 6.04. The molecular formula is C14H15NO4. The van der Waals surface area contributed by atoms with Crippen LogP contribution in [0.3, 0.4) is 0 Å². The molecule has 1 heterocycles. The van der Waals surface area contributed by atoms with E-state index in [4.69, 9.17) is 9.15 Å². The highest BCUT2D eigenvalue weighted by Gasteiger charge is 2.07. The number of hydrogen-bond donors (Lipinski definition) is 1. The van der Waals surface area contributed by atoms with Crippen molar-refractivity contribution in [1.82, 2.24) is 0 Å². The Labute approximate surface area is 110 Å². The molecule has 1 aromatic heterocycles. The van der Waals surface area contributed by atoms with Crippen LogP contribution in [-0.2, 0) is 16.1 Å². The third-order valence-electron chi connectivity index (χ3n) is 2.64. The molecule has 0 atom stereocenters. The first-order valence-electron chi connectivity index (χ1n) is 6.04. The fourth-order valence-electron chi connectivity index (χ4n) is 1.84. The second kappa shape index (κ2) is 5.56. The number of rotatable bonds is 4. The molecule has 0 aliphatic heterocycles. The normalized spacial score (nSPS) is 10.4. The van der Waals surface area contributed by atoms with Crippen molar-refractivity contribution in [3.8, 4) is 0 Å². The maximum atomic E-state index is 11.5. The summed E-state index contributed by atoms with van der Waals surface area (Å²) in [7, 11) is 0.